The number of hydrogen-bond acceptors (Lipinski definition) is 3. The summed E-state index contributed by atoms with van der Waals surface area (Å²) < 4.78 is 5.84. The van der Waals surface area contributed by atoms with Crippen molar-refractivity contribution in [3.05, 3.63) is 28.2 Å². The molecule has 0 unspecified atom stereocenters. The molecule has 0 amide bonds. The molecule has 3 nitrogen and oxygen atoms in total. The number of aliphatic hydroxyl groups is 1. The average molecular weight is 246 g/mol. The fourth-order valence-electron chi connectivity index (χ4n) is 1.07. The molecule has 1 atom stereocenters. The Morgan fingerprint density at radius 1 is 1.62 bits per heavy atom. The highest BCUT2D eigenvalue weighted by Crippen LogP contribution is 2.31. The highest BCUT2D eigenvalue weighted by Gasteiger charge is 2.12. The van der Waals surface area contributed by atoms with Crippen molar-refractivity contribution < 1.29 is 9.84 Å². The summed E-state index contributed by atoms with van der Waals surface area (Å²) >= 11 is 3.34. The quantitative estimate of drug-likeness (QED) is 0.848. The third kappa shape index (κ3) is 2.21. The van der Waals surface area contributed by atoms with Crippen LogP contribution in [0.2, 0.25) is 0 Å². The van der Waals surface area contributed by atoms with Crippen LogP contribution in [0.5, 0.6) is 5.75 Å². The second kappa shape index (κ2) is 4.60. The van der Waals surface area contributed by atoms with Crippen LogP contribution in [0.4, 0.5) is 0 Å². The topological polar surface area (TPSA) is 55.5 Å². The molecule has 4 heteroatoms. The predicted octanol–water partition coefficient (Wildman–Crippen LogP) is 1.45. The van der Waals surface area contributed by atoms with Crippen LogP contribution in [0.25, 0.3) is 0 Å². The number of methoxy groups -OCH3 is 1. The van der Waals surface area contributed by atoms with Crippen LogP contribution in [0, 0.1) is 0 Å². The first-order valence-electron chi connectivity index (χ1n) is 3.91. The Morgan fingerprint density at radius 3 is 2.85 bits per heavy atom. The van der Waals surface area contributed by atoms with E-state index in [2.05, 4.69) is 15.9 Å². The SMILES string of the molecule is COc1cccc([C@H](O)CN)c1Br. The van der Waals surface area contributed by atoms with Gasteiger partial charge in [-0.25, -0.2) is 0 Å². The van der Waals surface area contributed by atoms with Gasteiger partial charge in [0, 0.05) is 6.54 Å². The molecule has 0 radical (unpaired) electrons. The molecule has 0 aliphatic rings. The summed E-state index contributed by atoms with van der Waals surface area (Å²) in [7, 11) is 1.58. The summed E-state index contributed by atoms with van der Waals surface area (Å²) in [5.74, 6) is 0.699. The van der Waals surface area contributed by atoms with Gasteiger partial charge in [0.1, 0.15) is 5.75 Å². The van der Waals surface area contributed by atoms with E-state index in [1.54, 1.807) is 7.11 Å². The monoisotopic (exact) mass is 245 g/mol. The van der Waals surface area contributed by atoms with Crippen molar-refractivity contribution in [1.82, 2.24) is 0 Å². The minimum absolute atomic E-state index is 0.200. The van der Waals surface area contributed by atoms with Crippen molar-refractivity contribution in [2.24, 2.45) is 5.73 Å². The molecule has 1 aromatic rings. The summed E-state index contributed by atoms with van der Waals surface area (Å²) in [5.41, 5.74) is 6.10. The number of ether oxygens (including phenoxy) is 1. The number of aliphatic hydroxyl groups excluding tert-OH is 1. The molecule has 1 rings (SSSR count). The lowest BCUT2D eigenvalue weighted by molar-refractivity contribution is 0.185. The zero-order valence-electron chi connectivity index (χ0n) is 7.33. The Hall–Kier alpha value is -0.580. The van der Waals surface area contributed by atoms with Crippen molar-refractivity contribution in [2.45, 2.75) is 6.10 Å². The minimum atomic E-state index is -0.649. The van der Waals surface area contributed by atoms with Gasteiger partial charge in [0.05, 0.1) is 17.7 Å². The fourth-order valence-corrected chi connectivity index (χ4v) is 1.76. The molecule has 0 bridgehead atoms. The Kier molecular flexibility index (Phi) is 3.71. The van der Waals surface area contributed by atoms with E-state index in [0.29, 0.717) is 5.75 Å². The summed E-state index contributed by atoms with van der Waals surface area (Å²) in [6, 6.07) is 5.44. The van der Waals surface area contributed by atoms with Crippen LogP contribution in [-0.4, -0.2) is 18.8 Å². The molecule has 0 aromatic heterocycles. The van der Waals surface area contributed by atoms with E-state index in [1.165, 1.54) is 0 Å². The number of halogens is 1. The summed E-state index contributed by atoms with van der Waals surface area (Å²) in [4.78, 5) is 0. The third-order valence-corrected chi connectivity index (χ3v) is 2.64. The van der Waals surface area contributed by atoms with Crippen molar-refractivity contribution in [1.29, 1.82) is 0 Å². The number of nitrogens with two attached hydrogens (primary N) is 1. The second-order valence-corrected chi connectivity index (χ2v) is 3.41. The first-order valence-corrected chi connectivity index (χ1v) is 4.70. The Bertz CT molecular complexity index is 291. The lowest BCUT2D eigenvalue weighted by Crippen LogP contribution is -2.12. The van der Waals surface area contributed by atoms with Gasteiger partial charge in [0.25, 0.3) is 0 Å². The Morgan fingerprint density at radius 2 is 2.31 bits per heavy atom. The van der Waals surface area contributed by atoms with Crippen LogP contribution in [0.1, 0.15) is 11.7 Å². The van der Waals surface area contributed by atoms with Crippen LogP contribution in [0.3, 0.4) is 0 Å². The third-order valence-electron chi connectivity index (χ3n) is 1.80. The van der Waals surface area contributed by atoms with Gasteiger partial charge in [-0.1, -0.05) is 12.1 Å². The van der Waals surface area contributed by atoms with E-state index >= 15 is 0 Å². The molecule has 0 fully saturated rings. The predicted molar refractivity (Wildman–Crippen MR) is 54.7 cm³/mol. The standard InChI is InChI=1S/C9H12BrNO2/c1-13-8-4-2-3-6(9(8)10)7(12)5-11/h2-4,7,12H,5,11H2,1H3/t7-/m1/s1. The zero-order chi connectivity index (χ0) is 9.84. The van der Waals surface area contributed by atoms with Crippen molar-refractivity contribution >= 4 is 15.9 Å². The number of rotatable bonds is 3. The summed E-state index contributed by atoms with van der Waals surface area (Å²) in [6.45, 7) is 0.200. The lowest BCUT2D eigenvalue weighted by atomic mass is 10.1. The van der Waals surface area contributed by atoms with Crippen LogP contribution in [-0.2, 0) is 0 Å². The maximum atomic E-state index is 9.52. The zero-order valence-corrected chi connectivity index (χ0v) is 8.91. The Labute approximate surface area is 85.6 Å². The Balaban J connectivity index is 3.08. The lowest BCUT2D eigenvalue weighted by Gasteiger charge is -2.12. The molecule has 13 heavy (non-hydrogen) atoms. The number of benzene rings is 1. The van der Waals surface area contributed by atoms with Gasteiger partial charge in [-0.05, 0) is 27.6 Å². The van der Waals surface area contributed by atoms with Gasteiger partial charge in [-0.3, -0.25) is 0 Å². The molecule has 0 spiro atoms. The molecule has 0 aliphatic heterocycles. The van der Waals surface area contributed by atoms with Crippen molar-refractivity contribution in [2.75, 3.05) is 13.7 Å². The van der Waals surface area contributed by atoms with E-state index in [4.69, 9.17) is 10.5 Å². The van der Waals surface area contributed by atoms with Gasteiger partial charge < -0.3 is 15.6 Å². The highest BCUT2D eigenvalue weighted by atomic mass is 79.9. The van der Waals surface area contributed by atoms with Gasteiger partial charge in [0.2, 0.25) is 0 Å². The van der Waals surface area contributed by atoms with E-state index in [9.17, 15) is 5.11 Å². The highest BCUT2D eigenvalue weighted by molar-refractivity contribution is 9.10. The van der Waals surface area contributed by atoms with E-state index < -0.39 is 6.10 Å². The van der Waals surface area contributed by atoms with Crippen molar-refractivity contribution in [3.8, 4) is 5.75 Å². The summed E-state index contributed by atoms with van der Waals surface area (Å²) in [5, 5.41) is 9.52. The molecular weight excluding hydrogens is 234 g/mol. The first-order chi connectivity index (χ1) is 6.20. The van der Waals surface area contributed by atoms with Gasteiger partial charge in [-0.15, -0.1) is 0 Å². The molecule has 0 aliphatic carbocycles. The molecule has 0 saturated carbocycles. The van der Waals surface area contributed by atoms with Crippen LogP contribution in [0.15, 0.2) is 22.7 Å². The first kappa shape index (κ1) is 10.5. The average Bonchev–Trinajstić information content (AvgIpc) is 2.17. The number of hydrogen-bond donors (Lipinski definition) is 2. The molecule has 0 heterocycles. The molecule has 1 aromatic carbocycles. The van der Waals surface area contributed by atoms with Crippen molar-refractivity contribution in [3.63, 3.8) is 0 Å². The van der Waals surface area contributed by atoms with Gasteiger partial charge >= 0.3 is 0 Å². The molecule has 3 N–H and O–H groups in total. The fraction of sp³-hybridized carbons (Fsp3) is 0.333. The van der Waals surface area contributed by atoms with Crippen LogP contribution < -0.4 is 10.5 Å². The molecule has 72 valence electrons. The van der Waals surface area contributed by atoms with E-state index in [1.807, 2.05) is 18.2 Å². The summed E-state index contributed by atoms with van der Waals surface area (Å²) in [6.07, 6.45) is -0.649. The smallest absolute Gasteiger partial charge is 0.133 e. The largest absolute Gasteiger partial charge is 0.496 e. The molecular formula is C9H12BrNO2. The van der Waals surface area contributed by atoms with Gasteiger partial charge in [0.15, 0.2) is 0 Å². The van der Waals surface area contributed by atoms with Crippen LogP contribution >= 0.6 is 15.9 Å². The minimum Gasteiger partial charge on any atom is -0.496 e. The van der Waals surface area contributed by atoms with Gasteiger partial charge in [-0.2, -0.15) is 0 Å². The van der Waals surface area contributed by atoms with E-state index in [0.717, 1.165) is 10.0 Å². The van der Waals surface area contributed by atoms with E-state index in [-0.39, 0.29) is 6.54 Å². The maximum absolute atomic E-state index is 9.52. The normalized spacial score (nSPS) is 12.6. The maximum Gasteiger partial charge on any atom is 0.133 e. The second-order valence-electron chi connectivity index (χ2n) is 2.61. The molecule has 0 saturated heterocycles.